The lowest BCUT2D eigenvalue weighted by Gasteiger charge is -2.50. The van der Waals surface area contributed by atoms with Crippen molar-refractivity contribution in [3.05, 3.63) is 156 Å². The van der Waals surface area contributed by atoms with Gasteiger partial charge in [0.05, 0.1) is 19.2 Å². The summed E-state index contributed by atoms with van der Waals surface area (Å²) in [4.78, 5) is 53.6. The van der Waals surface area contributed by atoms with Crippen molar-refractivity contribution in [2.24, 2.45) is 0 Å². The van der Waals surface area contributed by atoms with Crippen molar-refractivity contribution in [3.8, 4) is 0 Å². The predicted molar refractivity (Wildman–Crippen MR) is 202 cm³/mol. The molecule has 14 nitrogen and oxygen atoms in total. The Kier molecular flexibility index (Phi) is 10.7. The highest BCUT2D eigenvalue weighted by Gasteiger charge is 2.73. The summed E-state index contributed by atoms with van der Waals surface area (Å²) in [7, 11) is 2.60. The summed E-state index contributed by atoms with van der Waals surface area (Å²) in [5, 5.41) is 9.43. The lowest BCUT2D eigenvalue weighted by Crippen LogP contribution is -2.70. The molecule has 6 aromatic rings. The van der Waals surface area contributed by atoms with Gasteiger partial charge in [0.2, 0.25) is 5.78 Å². The zero-order valence-corrected chi connectivity index (χ0v) is 30.6. The number of ether oxygens (including phenoxy) is 5. The minimum atomic E-state index is -2.54. The summed E-state index contributed by atoms with van der Waals surface area (Å²) < 4.78 is 34.9. The van der Waals surface area contributed by atoms with Crippen LogP contribution in [0, 0.1) is 0 Å². The van der Waals surface area contributed by atoms with E-state index in [0.717, 1.165) is 0 Å². The van der Waals surface area contributed by atoms with E-state index in [2.05, 4.69) is 15.0 Å². The number of carbonyl (C=O) groups excluding carboxylic acids is 2. The van der Waals surface area contributed by atoms with E-state index in [0.29, 0.717) is 16.7 Å². The number of nitrogens with two attached hydrogens (primary N) is 1. The number of carboxylic acids is 1. The number of fused-ring (bicyclic) bond motifs is 1. The van der Waals surface area contributed by atoms with Crippen molar-refractivity contribution >= 4 is 34.7 Å². The highest BCUT2D eigenvalue weighted by atomic mass is 16.9. The minimum absolute atomic E-state index is 0.111. The highest BCUT2D eigenvalue weighted by Crippen LogP contribution is 2.54. The summed E-state index contributed by atoms with van der Waals surface area (Å²) in [6.07, 6.45) is -1.18. The van der Waals surface area contributed by atoms with Crippen molar-refractivity contribution in [1.82, 2.24) is 19.5 Å². The smallest absolute Gasteiger partial charge is 0.326 e. The monoisotopic (exact) mass is 757 g/mol. The molecule has 0 bridgehead atoms. The molecule has 1 aliphatic heterocycles. The van der Waals surface area contributed by atoms with Gasteiger partial charge >= 0.3 is 17.9 Å². The maximum Gasteiger partial charge on any atom is 0.326 e. The van der Waals surface area contributed by atoms with Gasteiger partial charge in [-0.15, -0.1) is 0 Å². The fourth-order valence-electron chi connectivity index (χ4n) is 7.35. The fraction of sp³-hybridized carbons (Fsp3) is 0.238. The van der Waals surface area contributed by atoms with E-state index < -0.39 is 60.1 Å². The van der Waals surface area contributed by atoms with Gasteiger partial charge in [-0.25, -0.2) is 15.0 Å². The van der Waals surface area contributed by atoms with E-state index in [1.165, 1.54) is 26.9 Å². The Morgan fingerprint density at radius 2 is 1.34 bits per heavy atom. The van der Waals surface area contributed by atoms with Crippen LogP contribution in [0.15, 0.2) is 134 Å². The average molecular weight is 758 g/mol. The Labute approximate surface area is 321 Å². The summed E-state index contributed by atoms with van der Waals surface area (Å²) in [5.74, 6) is -5.27. The second-order valence-electron chi connectivity index (χ2n) is 13.0. The zero-order valence-electron chi connectivity index (χ0n) is 30.6. The number of carbonyl (C=O) groups is 3. The van der Waals surface area contributed by atoms with Crippen LogP contribution in [0.25, 0.3) is 11.2 Å². The molecule has 7 rings (SSSR count). The van der Waals surface area contributed by atoms with Gasteiger partial charge in [-0.1, -0.05) is 121 Å². The SMILES string of the molecule is COC(OC)(OC(c1ccccc1)(c1ccccc1)c1ccccc1)[C@@]1(C(=O)c2ccccc2)O[C@@H](n2cnc3c(N)ncnc32)C[C@@H]1OC(=O)CCC(=O)O. The number of carboxylic acid groups (broad SMARTS) is 1. The summed E-state index contributed by atoms with van der Waals surface area (Å²) >= 11 is 0. The van der Waals surface area contributed by atoms with Crippen LogP contribution in [-0.2, 0) is 38.9 Å². The first kappa shape index (κ1) is 38.0. The van der Waals surface area contributed by atoms with Gasteiger partial charge in [-0.2, -0.15) is 0 Å². The molecule has 0 aliphatic carbocycles. The topological polar surface area (TPSA) is 187 Å². The largest absolute Gasteiger partial charge is 0.481 e. The number of hydrogen-bond acceptors (Lipinski definition) is 12. The molecule has 2 aromatic heterocycles. The summed E-state index contributed by atoms with van der Waals surface area (Å²) in [5.41, 5.74) is 4.69. The number of imidazole rings is 1. The molecule has 0 unspecified atom stereocenters. The van der Waals surface area contributed by atoms with Gasteiger partial charge in [-0.3, -0.25) is 19.0 Å². The quantitative estimate of drug-likeness (QED) is 0.0564. The molecule has 1 aliphatic rings. The van der Waals surface area contributed by atoms with Crippen molar-refractivity contribution in [1.29, 1.82) is 0 Å². The number of aromatic nitrogens is 4. The number of Topliss-reactive ketones (excluding diaryl/α,β-unsaturated/α-hetero) is 1. The number of ketones is 1. The molecule has 1 fully saturated rings. The van der Waals surface area contributed by atoms with Gasteiger partial charge in [0.15, 0.2) is 17.6 Å². The second kappa shape index (κ2) is 15.8. The maximum absolute atomic E-state index is 15.6. The Morgan fingerprint density at radius 3 is 1.86 bits per heavy atom. The van der Waals surface area contributed by atoms with Crippen LogP contribution in [0.1, 0.15) is 52.5 Å². The van der Waals surface area contributed by atoms with Crippen molar-refractivity contribution in [3.63, 3.8) is 0 Å². The number of esters is 1. The molecule has 0 amide bonds. The van der Waals surface area contributed by atoms with E-state index >= 15 is 4.79 Å². The molecule has 0 saturated carbocycles. The van der Waals surface area contributed by atoms with Crippen LogP contribution in [0.4, 0.5) is 5.82 Å². The van der Waals surface area contributed by atoms with E-state index in [4.69, 9.17) is 29.4 Å². The lowest BCUT2D eigenvalue weighted by atomic mass is 9.78. The summed E-state index contributed by atoms with van der Waals surface area (Å²) in [6.45, 7) is 0. The van der Waals surface area contributed by atoms with Crippen molar-refractivity contribution < 1.29 is 43.2 Å². The molecule has 4 aromatic carbocycles. The van der Waals surface area contributed by atoms with Gasteiger partial charge in [0.1, 0.15) is 23.7 Å². The molecular formula is C42H39N5O9. The van der Waals surface area contributed by atoms with Crippen LogP contribution in [0.5, 0.6) is 0 Å². The molecule has 1 saturated heterocycles. The molecule has 0 spiro atoms. The Morgan fingerprint density at radius 1 is 0.804 bits per heavy atom. The van der Waals surface area contributed by atoms with Gasteiger partial charge in [0.25, 0.3) is 5.60 Å². The van der Waals surface area contributed by atoms with E-state index in [-0.39, 0.29) is 29.0 Å². The molecule has 3 N–H and O–H groups in total. The molecule has 3 atom stereocenters. The van der Waals surface area contributed by atoms with E-state index in [1.807, 2.05) is 91.0 Å². The molecule has 56 heavy (non-hydrogen) atoms. The second-order valence-corrected chi connectivity index (χ2v) is 13.0. The lowest BCUT2D eigenvalue weighted by molar-refractivity contribution is -0.444. The van der Waals surface area contributed by atoms with Crippen LogP contribution >= 0.6 is 0 Å². The van der Waals surface area contributed by atoms with Crippen LogP contribution in [0.3, 0.4) is 0 Å². The molecule has 3 heterocycles. The number of hydrogen-bond donors (Lipinski definition) is 2. The number of rotatable bonds is 15. The third-order valence-electron chi connectivity index (χ3n) is 9.90. The highest BCUT2D eigenvalue weighted by molar-refractivity contribution is 6.04. The first-order valence-electron chi connectivity index (χ1n) is 17.8. The number of nitrogens with zero attached hydrogens (tertiary/aromatic N) is 4. The Hall–Kier alpha value is -6.32. The fourth-order valence-corrected chi connectivity index (χ4v) is 7.35. The Bertz CT molecular complexity index is 2210. The molecule has 14 heteroatoms. The predicted octanol–water partition coefficient (Wildman–Crippen LogP) is 5.68. The zero-order chi connectivity index (χ0) is 39.3. The van der Waals surface area contributed by atoms with Crippen LogP contribution in [-0.4, -0.2) is 74.2 Å². The van der Waals surface area contributed by atoms with Gasteiger partial charge in [0, 0.05) is 26.2 Å². The van der Waals surface area contributed by atoms with Gasteiger partial charge < -0.3 is 34.5 Å². The van der Waals surface area contributed by atoms with Crippen molar-refractivity contribution in [2.45, 2.75) is 48.8 Å². The maximum atomic E-state index is 15.6. The summed E-state index contributed by atoms with van der Waals surface area (Å²) in [6, 6.07) is 36.3. The van der Waals surface area contributed by atoms with Crippen LogP contribution in [0.2, 0.25) is 0 Å². The molecular weight excluding hydrogens is 718 g/mol. The Balaban J connectivity index is 1.52. The van der Waals surface area contributed by atoms with E-state index in [9.17, 15) is 14.7 Å². The van der Waals surface area contributed by atoms with Crippen LogP contribution < -0.4 is 5.73 Å². The molecule has 0 radical (unpaired) electrons. The number of methoxy groups -OCH3 is 2. The van der Waals surface area contributed by atoms with E-state index in [1.54, 1.807) is 34.9 Å². The third kappa shape index (κ3) is 6.58. The average Bonchev–Trinajstić information content (AvgIpc) is 3.85. The number of anilines is 1. The number of aliphatic carboxylic acids is 1. The number of benzene rings is 4. The first-order valence-corrected chi connectivity index (χ1v) is 17.8. The third-order valence-corrected chi connectivity index (χ3v) is 9.90. The standard InChI is InChI=1S/C42H39N5O9/c1-52-42(53-2,56-40(29-17-9-4-10-18-29,30-19-11-5-12-20-30)31-21-13-6-14-22-31)41(37(51)28-15-7-3-8-16-28)32(54-35(50)24-23-34(48)49)25-33(55-41)47-27-46-36-38(43)44-26-45-39(36)47/h3-22,26-27,32-33H,23-25H2,1-2H3,(H,48,49)(H2,43,44,45)/t32-,33+,41+/m0/s1. The normalized spacial score (nSPS) is 18.5. The molecule has 286 valence electrons. The minimum Gasteiger partial charge on any atom is -0.481 e. The number of nitrogen functional groups attached to an aromatic ring is 1. The van der Waals surface area contributed by atoms with Gasteiger partial charge in [-0.05, 0) is 16.7 Å². The van der Waals surface area contributed by atoms with Crippen molar-refractivity contribution in [2.75, 3.05) is 20.0 Å². The first-order chi connectivity index (χ1) is 27.2.